The Morgan fingerprint density at radius 3 is 2.55 bits per heavy atom. The number of halogens is 1. The number of carbonyl (C=O) groups is 4. The number of benzene rings is 2. The second kappa shape index (κ2) is 20.0. The monoisotopic (exact) mass is 982 g/mol. The van der Waals surface area contributed by atoms with Crippen LogP contribution < -0.4 is 25.3 Å². The number of aromatic nitrogens is 3. The third kappa shape index (κ3) is 10.8. The molecule has 0 aliphatic carbocycles. The number of thiophene rings is 1. The van der Waals surface area contributed by atoms with Crippen LogP contribution in [-0.4, -0.2) is 86.9 Å². The van der Waals surface area contributed by atoms with Crippen LogP contribution >= 0.6 is 46.0 Å². The van der Waals surface area contributed by atoms with Crippen LogP contribution in [0.25, 0.3) is 10.9 Å². The van der Waals surface area contributed by atoms with Crippen LogP contribution in [0, 0.1) is 5.41 Å². The van der Waals surface area contributed by atoms with Crippen molar-refractivity contribution in [2.45, 2.75) is 57.5 Å². The van der Waals surface area contributed by atoms with Crippen molar-refractivity contribution < 1.29 is 42.8 Å². The molecule has 4 N–H and O–H groups in total. The van der Waals surface area contributed by atoms with Crippen molar-refractivity contribution in [2.75, 3.05) is 30.6 Å². The fourth-order valence-corrected chi connectivity index (χ4v) is 10.5. The third-order valence-electron chi connectivity index (χ3n) is 10.3. The Balaban J connectivity index is 0.995. The number of hydrogen-bond donors (Lipinski definition) is 4. The normalized spacial score (nSPS) is 15.9. The summed E-state index contributed by atoms with van der Waals surface area (Å²) in [4.78, 5) is 66.2. The fraction of sp³-hybridized carbons (Fsp3) is 0.261. The van der Waals surface area contributed by atoms with Gasteiger partial charge >= 0.3 is 12.1 Å². The first-order chi connectivity index (χ1) is 32.2. The molecule has 0 unspecified atom stereocenters. The van der Waals surface area contributed by atoms with Gasteiger partial charge in [0, 0.05) is 45.1 Å². The van der Waals surface area contributed by atoms with Gasteiger partial charge in [-0.05, 0) is 62.7 Å². The number of anilines is 2. The summed E-state index contributed by atoms with van der Waals surface area (Å²) in [7, 11) is 2.80. The number of rotatable bonds is 15. The molecule has 2 aliphatic heterocycles. The van der Waals surface area contributed by atoms with Crippen molar-refractivity contribution in [1.29, 1.82) is 5.41 Å². The highest BCUT2D eigenvalue weighted by atomic mass is 35.5. The predicted octanol–water partition coefficient (Wildman–Crippen LogP) is 7.39. The van der Waals surface area contributed by atoms with Gasteiger partial charge in [-0.15, -0.1) is 23.1 Å². The van der Waals surface area contributed by atoms with E-state index in [1.807, 2.05) is 77.1 Å². The van der Waals surface area contributed by atoms with E-state index < -0.39 is 40.9 Å². The smallest absolute Gasteiger partial charge is 0.413 e. The highest BCUT2D eigenvalue weighted by molar-refractivity contribution is 8.00. The van der Waals surface area contributed by atoms with Gasteiger partial charge in [0.05, 0.1) is 24.6 Å². The van der Waals surface area contributed by atoms with Crippen molar-refractivity contribution in [3.05, 3.63) is 134 Å². The third-order valence-corrected chi connectivity index (χ3v) is 13.8. The van der Waals surface area contributed by atoms with Crippen LogP contribution in [-0.2, 0) is 48.4 Å². The molecule has 346 valence electrons. The van der Waals surface area contributed by atoms with E-state index in [9.17, 15) is 19.2 Å². The Kier molecular flexibility index (Phi) is 14.0. The molecular weight excluding hydrogens is 938 g/mol. The standard InChI is InChI=1S/C46H44ClN9O8S3/c1-46(2,3)64-45(60)52-44-51-34(38(47)67-44)35(53-62-5)40(57)50-36-41(58)56-37(43(59)63-23-26-11-13-31(61-4)14-12-26)29(25-66-42(36)56)21-54-17-16-33-27(20-54)15-18-55(33)22-32-19-28(24-65-32)39(48)49-30-9-7-6-8-10-30/h6-20,24,36,42H,21-23,25H2,1-5H3,(H3-,48,49,50,51,52,57,60)/p+1/b53-35-/t36-,42-/m1/s1. The minimum absolute atomic E-state index is 0.0264. The van der Waals surface area contributed by atoms with Gasteiger partial charge in [0.2, 0.25) is 0 Å². The quantitative estimate of drug-likeness (QED) is 0.0200. The number of methoxy groups -OCH3 is 1. The average Bonchev–Trinajstić information content (AvgIpc) is 4.04. The zero-order valence-corrected chi connectivity index (χ0v) is 40.0. The van der Waals surface area contributed by atoms with Crippen molar-refractivity contribution in [3.63, 3.8) is 0 Å². The van der Waals surface area contributed by atoms with Gasteiger partial charge in [0.1, 0.15) is 58.0 Å². The number of thioether (sulfide) groups is 1. The van der Waals surface area contributed by atoms with Gasteiger partial charge in [-0.1, -0.05) is 58.4 Å². The van der Waals surface area contributed by atoms with Gasteiger partial charge in [0.25, 0.3) is 11.8 Å². The summed E-state index contributed by atoms with van der Waals surface area (Å²) in [6, 6.07) is 21.7. The summed E-state index contributed by atoms with van der Waals surface area (Å²) in [5.41, 5.74) is 2.95. The summed E-state index contributed by atoms with van der Waals surface area (Å²) in [5, 5.41) is 23.1. The highest BCUT2D eigenvalue weighted by Gasteiger charge is 2.55. The van der Waals surface area contributed by atoms with Crippen LogP contribution in [0.15, 0.2) is 113 Å². The Morgan fingerprint density at radius 1 is 1.04 bits per heavy atom. The van der Waals surface area contributed by atoms with Gasteiger partial charge in [-0.25, -0.2) is 19.1 Å². The Bertz CT molecular complexity index is 2930. The van der Waals surface area contributed by atoms with E-state index in [1.54, 1.807) is 63.5 Å². The van der Waals surface area contributed by atoms with E-state index in [0.29, 0.717) is 29.5 Å². The molecule has 17 nitrogen and oxygen atoms in total. The number of amidine groups is 1. The van der Waals surface area contributed by atoms with Crippen LogP contribution in [0.5, 0.6) is 5.75 Å². The first-order valence-electron chi connectivity index (χ1n) is 20.7. The number of nitrogens with one attached hydrogen (secondary N) is 4. The number of thiazole rings is 1. The van der Waals surface area contributed by atoms with Gasteiger partial charge in [-0.3, -0.25) is 25.2 Å². The van der Waals surface area contributed by atoms with Crippen LogP contribution in [0.3, 0.4) is 0 Å². The summed E-state index contributed by atoms with van der Waals surface area (Å²) in [6.45, 7) is 5.95. The Labute approximate surface area is 402 Å². The van der Waals surface area contributed by atoms with Crippen LogP contribution in [0.1, 0.15) is 42.5 Å². The van der Waals surface area contributed by atoms with Gasteiger partial charge in [-0.2, -0.15) is 0 Å². The van der Waals surface area contributed by atoms with E-state index in [0.717, 1.165) is 43.9 Å². The van der Waals surface area contributed by atoms with E-state index in [2.05, 4.69) is 30.7 Å². The number of para-hydroxylation sites is 1. The molecule has 2 aliphatic rings. The molecule has 0 radical (unpaired) electrons. The van der Waals surface area contributed by atoms with Crippen molar-refractivity contribution in [1.82, 2.24) is 19.8 Å². The minimum Gasteiger partial charge on any atom is -0.497 e. The first-order valence-corrected chi connectivity index (χ1v) is 23.8. The van der Waals surface area contributed by atoms with Crippen molar-refractivity contribution in [2.24, 2.45) is 5.16 Å². The molecule has 21 heteroatoms. The lowest BCUT2D eigenvalue weighted by Gasteiger charge is -2.49. The number of ether oxygens (including phenoxy) is 3. The molecule has 8 rings (SSSR count). The van der Waals surface area contributed by atoms with Crippen LogP contribution in [0.4, 0.5) is 15.6 Å². The lowest BCUT2D eigenvalue weighted by molar-refractivity contribution is -0.687. The van der Waals surface area contributed by atoms with E-state index >= 15 is 0 Å². The molecule has 6 heterocycles. The second-order valence-electron chi connectivity index (χ2n) is 16.2. The van der Waals surface area contributed by atoms with Gasteiger partial charge in [0.15, 0.2) is 29.8 Å². The number of nitrogens with zero attached hydrogens (tertiary/aromatic N) is 5. The second-order valence-corrected chi connectivity index (χ2v) is 19.9. The number of β-lactam (4-membered cyclic amide) rings is 1. The zero-order valence-electron chi connectivity index (χ0n) is 36.8. The summed E-state index contributed by atoms with van der Waals surface area (Å²) in [5.74, 6) is -0.723. The number of oxime groups is 1. The minimum atomic E-state index is -1.06. The average molecular weight is 984 g/mol. The Morgan fingerprint density at radius 2 is 1.82 bits per heavy atom. The molecule has 67 heavy (non-hydrogen) atoms. The first kappa shape index (κ1) is 46.8. The lowest BCUT2D eigenvalue weighted by Crippen LogP contribution is -2.71. The number of carbonyl (C=O) groups excluding carboxylic acids is 4. The number of amides is 3. The van der Waals surface area contributed by atoms with Crippen LogP contribution in [0.2, 0.25) is 4.34 Å². The van der Waals surface area contributed by atoms with E-state index in [1.165, 1.54) is 23.8 Å². The van der Waals surface area contributed by atoms with E-state index in [-0.39, 0.29) is 39.7 Å². The number of esters is 1. The molecule has 1 saturated heterocycles. The zero-order chi connectivity index (χ0) is 47.4. The van der Waals surface area contributed by atoms with Crippen molar-refractivity contribution in [3.8, 4) is 5.75 Å². The molecule has 6 aromatic rings. The summed E-state index contributed by atoms with van der Waals surface area (Å²) >= 11 is 10.3. The van der Waals surface area contributed by atoms with E-state index in [4.69, 9.17) is 36.1 Å². The molecule has 2 aromatic carbocycles. The molecule has 4 aromatic heterocycles. The molecular formula is C46H45ClN9O8S3+. The molecule has 1 fully saturated rings. The fourth-order valence-electron chi connectivity index (χ4n) is 7.27. The largest absolute Gasteiger partial charge is 0.497 e. The number of fused-ring (bicyclic) bond motifs is 2. The molecule has 0 spiro atoms. The summed E-state index contributed by atoms with van der Waals surface area (Å²) in [6.07, 6.45) is 5.17. The highest BCUT2D eigenvalue weighted by Crippen LogP contribution is 2.41. The molecule has 3 amide bonds. The lowest BCUT2D eigenvalue weighted by atomic mass is 10.0. The maximum atomic E-state index is 14.1. The molecule has 2 atom stereocenters. The number of hydrogen-bond acceptors (Lipinski definition) is 14. The maximum absolute atomic E-state index is 14.1. The molecule has 0 saturated carbocycles. The predicted molar refractivity (Wildman–Crippen MR) is 258 cm³/mol. The van der Waals surface area contributed by atoms with Gasteiger partial charge < -0.3 is 34.2 Å². The molecule has 0 bridgehead atoms. The number of pyridine rings is 1. The maximum Gasteiger partial charge on any atom is 0.413 e. The Hall–Kier alpha value is -6.74. The summed E-state index contributed by atoms with van der Waals surface area (Å²) < 4.78 is 20.5. The SMILES string of the molecule is CO/N=C(\C(=O)N[C@@H]1C(=O)N2C(C(=O)OCc3ccc(OC)cc3)=C(C[n+]3ccc4c(ccn4Cc4cc(C(=N)Nc5ccccc5)cs4)c3)CS[C@H]12)c1nc(NC(=O)OC(C)(C)C)sc1Cl. The topological polar surface area (TPSA) is 202 Å². The van der Waals surface area contributed by atoms with Crippen molar-refractivity contribution >= 4 is 103 Å².